The summed E-state index contributed by atoms with van der Waals surface area (Å²) in [6.45, 7) is 1.72. The fraction of sp³-hybridized carbons (Fsp3) is 0.154. The van der Waals surface area contributed by atoms with Gasteiger partial charge in [0.05, 0.1) is 24.0 Å². The highest BCUT2D eigenvalue weighted by molar-refractivity contribution is 14.1. The minimum absolute atomic E-state index is 0.215. The summed E-state index contributed by atoms with van der Waals surface area (Å²) in [7, 11) is 3.00. The van der Waals surface area contributed by atoms with Crippen molar-refractivity contribution in [1.29, 1.82) is 0 Å². The Hall–Kier alpha value is -4.13. The van der Waals surface area contributed by atoms with Crippen molar-refractivity contribution >= 4 is 57.9 Å². The number of aryl methyl sites for hydroxylation is 1. The molecule has 0 saturated heterocycles. The normalized spacial score (nSPS) is 10.5. The predicted molar refractivity (Wildman–Crippen MR) is 148 cm³/mol. The van der Waals surface area contributed by atoms with E-state index >= 15 is 0 Å². The first-order chi connectivity index (χ1) is 17.8. The Bertz CT molecular complexity index is 1310. The van der Waals surface area contributed by atoms with Crippen molar-refractivity contribution < 1.29 is 28.6 Å². The molecule has 0 aliphatic rings. The highest BCUT2D eigenvalue weighted by Crippen LogP contribution is 2.33. The van der Waals surface area contributed by atoms with Crippen molar-refractivity contribution in [3.05, 3.63) is 75.4 Å². The fourth-order valence-electron chi connectivity index (χ4n) is 3.09. The van der Waals surface area contributed by atoms with E-state index in [1.54, 1.807) is 42.5 Å². The van der Waals surface area contributed by atoms with Crippen LogP contribution in [0, 0.1) is 10.5 Å². The van der Waals surface area contributed by atoms with E-state index in [1.807, 2.05) is 47.7 Å². The summed E-state index contributed by atoms with van der Waals surface area (Å²) in [6.07, 6.45) is 1.36. The van der Waals surface area contributed by atoms with Gasteiger partial charge in [0.1, 0.15) is 5.75 Å². The molecule has 3 N–H and O–H groups in total. The van der Waals surface area contributed by atoms with Crippen LogP contribution in [0.3, 0.4) is 0 Å². The maximum atomic E-state index is 12.3. The minimum atomic E-state index is -0.937. The number of anilines is 2. The number of nitrogens with one attached hydrogen (secondary N) is 3. The average Bonchev–Trinajstić information content (AvgIpc) is 2.88. The molecule has 0 saturated carbocycles. The Labute approximate surface area is 227 Å². The Morgan fingerprint density at radius 2 is 1.68 bits per heavy atom. The van der Waals surface area contributed by atoms with Gasteiger partial charge in [0.25, 0.3) is 5.91 Å². The van der Waals surface area contributed by atoms with Gasteiger partial charge in [-0.2, -0.15) is 5.10 Å². The first kappa shape index (κ1) is 27.5. The molecule has 0 fully saturated rings. The Balaban J connectivity index is 1.56. The van der Waals surface area contributed by atoms with Crippen LogP contribution in [-0.2, 0) is 14.4 Å². The molecular weight excluding hydrogens is 591 g/mol. The minimum Gasteiger partial charge on any atom is -0.497 e. The highest BCUT2D eigenvalue weighted by Gasteiger charge is 2.15. The van der Waals surface area contributed by atoms with E-state index in [0.717, 1.165) is 5.56 Å². The van der Waals surface area contributed by atoms with Gasteiger partial charge in [0, 0.05) is 11.4 Å². The summed E-state index contributed by atoms with van der Waals surface area (Å²) in [6, 6.07) is 17.3. The lowest BCUT2D eigenvalue weighted by molar-refractivity contribution is -0.136. The van der Waals surface area contributed by atoms with Gasteiger partial charge in [-0.05, 0) is 89.2 Å². The van der Waals surface area contributed by atoms with E-state index in [2.05, 4.69) is 21.2 Å². The first-order valence-corrected chi connectivity index (χ1v) is 12.0. The van der Waals surface area contributed by atoms with E-state index in [-0.39, 0.29) is 12.5 Å². The molecule has 0 heterocycles. The summed E-state index contributed by atoms with van der Waals surface area (Å²) in [5.74, 6) is -0.734. The molecule has 3 aromatic rings. The maximum Gasteiger partial charge on any atom is 0.329 e. The fourth-order valence-corrected chi connectivity index (χ4v) is 3.87. The maximum absolute atomic E-state index is 12.3. The zero-order valence-electron chi connectivity index (χ0n) is 20.3. The van der Waals surface area contributed by atoms with E-state index in [0.29, 0.717) is 37.8 Å². The number of benzene rings is 3. The summed E-state index contributed by atoms with van der Waals surface area (Å²) < 4.78 is 16.8. The third-order valence-corrected chi connectivity index (χ3v) is 5.64. The zero-order chi connectivity index (χ0) is 26.8. The second-order valence-electron chi connectivity index (χ2n) is 7.62. The molecule has 0 aliphatic carbocycles. The van der Waals surface area contributed by atoms with Gasteiger partial charge in [0.15, 0.2) is 18.1 Å². The van der Waals surface area contributed by atoms with E-state index < -0.39 is 11.8 Å². The van der Waals surface area contributed by atoms with Crippen LogP contribution in [0.15, 0.2) is 65.8 Å². The number of rotatable bonds is 9. The number of amides is 3. The number of halogens is 1. The molecule has 0 spiro atoms. The summed E-state index contributed by atoms with van der Waals surface area (Å²) in [5.41, 5.74) is 4.90. The molecule has 0 atom stereocenters. The van der Waals surface area contributed by atoms with Gasteiger partial charge in [0.2, 0.25) is 0 Å². The van der Waals surface area contributed by atoms with Crippen molar-refractivity contribution in [2.75, 3.05) is 31.5 Å². The van der Waals surface area contributed by atoms with Gasteiger partial charge in [-0.1, -0.05) is 12.1 Å². The molecule has 0 unspecified atom stereocenters. The molecule has 10 nitrogen and oxygen atoms in total. The summed E-state index contributed by atoms with van der Waals surface area (Å²) in [5, 5.41) is 9.09. The van der Waals surface area contributed by atoms with Crippen LogP contribution >= 0.6 is 22.6 Å². The SMILES string of the molecule is COc1ccc(NC(=O)C(=O)N/N=C\c2cc(I)c(OCC(=O)Nc3cccc(C)c3)c(OC)c2)cc1. The molecule has 0 bridgehead atoms. The van der Waals surface area contributed by atoms with Crippen LogP contribution in [0.2, 0.25) is 0 Å². The van der Waals surface area contributed by atoms with Crippen LogP contribution in [0.5, 0.6) is 17.2 Å². The number of hydrogen-bond acceptors (Lipinski definition) is 7. The second-order valence-corrected chi connectivity index (χ2v) is 8.78. The molecule has 3 rings (SSSR count). The monoisotopic (exact) mass is 616 g/mol. The molecule has 3 amide bonds. The predicted octanol–water partition coefficient (Wildman–Crippen LogP) is 3.72. The smallest absolute Gasteiger partial charge is 0.329 e. The quantitative estimate of drug-likeness (QED) is 0.146. The summed E-state index contributed by atoms with van der Waals surface area (Å²) >= 11 is 2.04. The van der Waals surface area contributed by atoms with Gasteiger partial charge in [-0.25, -0.2) is 5.43 Å². The zero-order valence-corrected chi connectivity index (χ0v) is 22.5. The van der Waals surface area contributed by atoms with Crippen LogP contribution < -0.4 is 30.3 Å². The molecule has 3 aromatic carbocycles. The number of hydrogen-bond donors (Lipinski definition) is 3. The van der Waals surface area contributed by atoms with Crippen molar-refractivity contribution in [2.24, 2.45) is 5.10 Å². The van der Waals surface area contributed by atoms with Gasteiger partial charge in [-0.15, -0.1) is 0 Å². The number of ether oxygens (including phenoxy) is 3. The molecule has 0 aliphatic heterocycles. The first-order valence-electron chi connectivity index (χ1n) is 10.9. The number of nitrogens with zero attached hydrogens (tertiary/aromatic N) is 1. The lowest BCUT2D eigenvalue weighted by Gasteiger charge is -2.13. The van der Waals surface area contributed by atoms with Gasteiger partial charge < -0.3 is 24.8 Å². The van der Waals surface area contributed by atoms with Gasteiger partial charge >= 0.3 is 11.8 Å². The summed E-state index contributed by atoms with van der Waals surface area (Å²) in [4.78, 5) is 36.4. The Morgan fingerprint density at radius 3 is 2.35 bits per heavy atom. The largest absolute Gasteiger partial charge is 0.497 e. The molecule has 192 valence electrons. The van der Waals surface area contributed by atoms with Crippen molar-refractivity contribution in [2.45, 2.75) is 6.92 Å². The van der Waals surface area contributed by atoms with E-state index in [4.69, 9.17) is 14.2 Å². The average molecular weight is 616 g/mol. The Morgan fingerprint density at radius 1 is 0.919 bits per heavy atom. The van der Waals surface area contributed by atoms with Crippen LogP contribution in [-0.4, -0.2) is 44.8 Å². The molecule has 11 heteroatoms. The number of carbonyl (C=O) groups is 3. The van der Waals surface area contributed by atoms with E-state index in [1.165, 1.54) is 20.4 Å². The lowest BCUT2D eigenvalue weighted by atomic mass is 10.2. The third-order valence-electron chi connectivity index (χ3n) is 4.84. The number of methoxy groups -OCH3 is 2. The number of carbonyl (C=O) groups excluding carboxylic acids is 3. The van der Waals surface area contributed by atoms with Crippen molar-refractivity contribution in [3.8, 4) is 17.2 Å². The third kappa shape index (κ3) is 8.20. The van der Waals surface area contributed by atoms with Crippen LogP contribution in [0.4, 0.5) is 11.4 Å². The van der Waals surface area contributed by atoms with Crippen molar-refractivity contribution in [3.63, 3.8) is 0 Å². The molecule has 37 heavy (non-hydrogen) atoms. The lowest BCUT2D eigenvalue weighted by Crippen LogP contribution is -2.32. The number of hydrazone groups is 1. The van der Waals surface area contributed by atoms with Crippen molar-refractivity contribution in [1.82, 2.24) is 5.43 Å². The Kier molecular flexibility index (Phi) is 9.84. The topological polar surface area (TPSA) is 127 Å². The van der Waals surface area contributed by atoms with E-state index in [9.17, 15) is 14.4 Å². The second kappa shape index (κ2) is 13.3. The highest BCUT2D eigenvalue weighted by atomic mass is 127. The molecule has 0 aromatic heterocycles. The van der Waals surface area contributed by atoms with Gasteiger partial charge in [-0.3, -0.25) is 14.4 Å². The molecule has 0 radical (unpaired) electrons. The standard InChI is InChI=1S/C26H25IN4O6/c1-16-5-4-6-19(11-16)29-23(32)15-37-24-21(27)12-17(13-22(24)36-3)14-28-31-26(34)25(33)30-18-7-9-20(35-2)10-8-18/h4-14H,15H2,1-3H3,(H,29,32)(H,30,33)(H,31,34)/b28-14-. The van der Waals surface area contributed by atoms with Crippen LogP contribution in [0.25, 0.3) is 0 Å². The van der Waals surface area contributed by atoms with Crippen LogP contribution in [0.1, 0.15) is 11.1 Å². The molecular formula is C26H25IN4O6.